The van der Waals surface area contributed by atoms with E-state index in [9.17, 15) is 4.79 Å². The Hall–Kier alpha value is -1.55. The molecule has 0 bridgehead atoms. The van der Waals surface area contributed by atoms with Crippen molar-refractivity contribution >= 4 is 11.6 Å². The molecule has 0 aliphatic rings. The summed E-state index contributed by atoms with van der Waals surface area (Å²) in [5.41, 5.74) is 6.16. The fourth-order valence-electron chi connectivity index (χ4n) is 1.14. The quantitative estimate of drug-likeness (QED) is 0.798. The van der Waals surface area contributed by atoms with Crippen LogP contribution in [0.15, 0.2) is 24.3 Å². The Bertz CT molecular complexity index is 351. The van der Waals surface area contributed by atoms with Crippen molar-refractivity contribution in [1.29, 1.82) is 0 Å². The van der Waals surface area contributed by atoms with E-state index in [1.165, 1.54) is 0 Å². The molecule has 0 saturated heterocycles. The molecule has 0 heterocycles. The van der Waals surface area contributed by atoms with E-state index < -0.39 is 6.04 Å². The third kappa shape index (κ3) is 3.90. The normalized spacial score (nSPS) is 11.9. The number of rotatable bonds is 5. The summed E-state index contributed by atoms with van der Waals surface area (Å²) < 4.78 is 5.46. The summed E-state index contributed by atoms with van der Waals surface area (Å²) in [6.07, 6.45) is 0.955. The molecule has 1 aromatic carbocycles. The van der Waals surface area contributed by atoms with E-state index >= 15 is 0 Å². The largest absolute Gasteiger partial charge is 0.494 e. The number of nitrogens with two attached hydrogens (primary N) is 1. The van der Waals surface area contributed by atoms with Crippen LogP contribution in [0.25, 0.3) is 0 Å². The minimum Gasteiger partial charge on any atom is -0.494 e. The molecule has 0 aliphatic carbocycles. The van der Waals surface area contributed by atoms with Crippen LogP contribution in [0.3, 0.4) is 0 Å². The van der Waals surface area contributed by atoms with E-state index in [0.717, 1.165) is 12.2 Å². The van der Waals surface area contributed by atoms with E-state index in [2.05, 4.69) is 5.32 Å². The van der Waals surface area contributed by atoms with Gasteiger partial charge in [-0.15, -0.1) is 0 Å². The van der Waals surface area contributed by atoms with E-state index in [1.807, 2.05) is 19.1 Å². The number of hydrogen-bond acceptors (Lipinski definition) is 3. The number of amides is 1. The van der Waals surface area contributed by atoms with Crippen molar-refractivity contribution in [2.24, 2.45) is 5.73 Å². The number of ether oxygens (including phenoxy) is 1. The van der Waals surface area contributed by atoms with Crippen LogP contribution in [0, 0.1) is 0 Å². The molecule has 3 N–H and O–H groups in total. The zero-order valence-corrected chi connectivity index (χ0v) is 9.69. The van der Waals surface area contributed by atoms with Gasteiger partial charge in [-0.3, -0.25) is 4.79 Å². The van der Waals surface area contributed by atoms with E-state index in [0.29, 0.717) is 12.3 Å². The third-order valence-corrected chi connectivity index (χ3v) is 1.99. The lowest BCUT2D eigenvalue weighted by atomic mass is 10.2. The average Bonchev–Trinajstić information content (AvgIpc) is 2.26. The molecule has 4 nitrogen and oxygen atoms in total. The average molecular weight is 222 g/mol. The van der Waals surface area contributed by atoms with Gasteiger partial charge in [0.1, 0.15) is 5.75 Å². The highest BCUT2D eigenvalue weighted by Gasteiger charge is 2.07. The monoisotopic (exact) mass is 222 g/mol. The number of carbonyl (C=O) groups excluding carboxylic acids is 1. The smallest absolute Gasteiger partial charge is 0.241 e. The summed E-state index contributed by atoms with van der Waals surface area (Å²) >= 11 is 0. The molecule has 0 saturated carbocycles. The Morgan fingerprint density at radius 2 is 2.31 bits per heavy atom. The summed E-state index contributed by atoms with van der Waals surface area (Å²) in [5, 5.41) is 2.71. The van der Waals surface area contributed by atoms with Crippen molar-refractivity contribution in [2.45, 2.75) is 26.3 Å². The molecule has 4 heteroatoms. The number of benzene rings is 1. The van der Waals surface area contributed by atoms with Gasteiger partial charge in [-0.2, -0.15) is 0 Å². The standard InChI is InChI=1S/C12H18N2O2/c1-3-7-16-11-6-4-5-10(8-11)14-12(15)9(2)13/h4-6,8-9H,3,7,13H2,1-2H3,(H,14,15). The lowest BCUT2D eigenvalue weighted by Gasteiger charge is -2.09. The van der Waals surface area contributed by atoms with Crippen LogP contribution in [0.1, 0.15) is 20.3 Å². The SMILES string of the molecule is CCCOc1cccc(NC(=O)C(C)N)c1. The molecular weight excluding hydrogens is 204 g/mol. The maximum absolute atomic E-state index is 11.4. The number of carbonyl (C=O) groups is 1. The van der Waals surface area contributed by atoms with E-state index in [4.69, 9.17) is 10.5 Å². The first-order valence-electron chi connectivity index (χ1n) is 5.42. The lowest BCUT2D eigenvalue weighted by Crippen LogP contribution is -2.32. The van der Waals surface area contributed by atoms with Crippen LogP contribution in [0.2, 0.25) is 0 Å². The molecule has 0 aromatic heterocycles. The second-order valence-corrected chi connectivity index (χ2v) is 3.65. The highest BCUT2D eigenvalue weighted by molar-refractivity contribution is 5.94. The fourth-order valence-corrected chi connectivity index (χ4v) is 1.14. The molecule has 1 rings (SSSR count). The minimum atomic E-state index is -0.514. The van der Waals surface area contributed by atoms with Crippen LogP contribution >= 0.6 is 0 Å². The van der Waals surface area contributed by atoms with Gasteiger partial charge in [-0.25, -0.2) is 0 Å². The van der Waals surface area contributed by atoms with Crippen molar-refractivity contribution in [2.75, 3.05) is 11.9 Å². The first-order valence-corrected chi connectivity index (χ1v) is 5.42. The van der Waals surface area contributed by atoms with Crippen LogP contribution in [0.4, 0.5) is 5.69 Å². The zero-order chi connectivity index (χ0) is 12.0. The molecule has 0 radical (unpaired) electrons. The van der Waals surface area contributed by atoms with Gasteiger partial charge in [0.15, 0.2) is 0 Å². The van der Waals surface area contributed by atoms with Crippen LogP contribution in [0.5, 0.6) is 5.75 Å². The maximum atomic E-state index is 11.4. The Balaban J connectivity index is 2.63. The number of hydrogen-bond donors (Lipinski definition) is 2. The second-order valence-electron chi connectivity index (χ2n) is 3.65. The fraction of sp³-hybridized carbons (Fsp3) is 0.417. The summed E-state index contributed by atoms with van der Waals surface area (Å²) in [6, 6.07) is 6.77. The highest BCUT2D eigenvalue weighted by Crippen LogP contribution is 2.17. The first kappa shape index (κ1) is 12.5. The molecule has 1 aromatic rings. The maximum Gasteiger partial charge on any atom is 0.241 e. The van der Waals surface area contributed by atoms with Gasteiger partial charge < -0.3 is 15.8 Å². The van der Waals surface area contributed by atoms with Crippen molar-refractivity contribution < 1.29 is 9.53 Å². The van der Waals surface area contributed by atoms with Gasteiger partial charge in [0, 0.05) is 11.8 Å². The Morgan fingerprint density at radius 1 is 1.56 bits per heavy atom. The topological polar surface area (TPSA) is 64.3 Å². The molecule has 16 heavy (non-hydrogen) atoms. The third-order valence-electron chi connectivity index (χ3n) is 1.99. The van der Waals surface area contributed by atoms with Gasteiger partial charge >= 0.3 is 0 Å². The van der Waals surface area contributed by atoms with Crippen LogP contribution in [-0.2, 0) is 4.79 Å². The van der Waals surface area contributed by atoms with Crippen molar-refractivity contribution in [3.8, 4) is 5.75 Å². The first-order chi connectivity index (χ1) is 7.63. The van der Waals surface area contributed by atoms with Gasteiger partial charge in [-0.1, -0.05) is 13.0 Å². The highest BCUT2D eigenvalue weighted by atomic mass is 16.5. The molecule has 0 fully saturated rings. The summed E-state index contributed by atoms with van der Waals surface area (Å²) in [5.74, 6) is 0.553. The minimum absolute atomic E-state index is 0.201. The second kappa shape index (κ2) is 6.12. The predicted molar refractivity (Wildman–Crippen MR) is 64.5 cm³/mol. The van der Waals surface area contributed by atoms with Crippen molar-refractivity contribution in [3.63, 3.8) is 0 Å². The molecule has 1 amide bonds. The van der Waals surface area contributed by atoms with E-state index in [-0.39, 0.29) is 5.91 Å². The molecule has 0 aliphatic heterocycles. The van der Waals surface area contributed by atoms with Crippen molar-refractivity contribution in [3.05, 3.63) is 24.3 Å². The summed E-state index contributed by atoms with van der Waals surface area (Å²) in [4.78, 5) is 11.4. The van der Waals surface area contributed by atoms with Crippen LogP contribution in [-0.4, -0.2) is 18.6 Å². The molecule has 88 valence electrons. The van der Waals surface area contributed by atoms with Crippen molar-refractivity contribution in [1.82, 2.24) is 0 Å². The molecule has 1 unspecified atom stereocenters. The summed E-state index contributed by atoms with van der Waals surface area (Å²) in [6.45, 7) is 4.36. The Morgan fingerprint density at radius 3 is 2.94 bits per heavy atom. The lowest BCUT2D eigenvalue weighted by molar-refractivity contribution is -0.117. The van der Waals surface area contributed by atoms with Crippen LogP contribution < -0.4 is 15.8 Å². The van der Waals surface area contributed by atoms with E-state index in [1.54, 1.807) is 19.1 Å². The van der Waals surface area contributed by atoms with Gasteiger partial charge in [0.2, 0.25) is 5.91 Å². The molecular formula is C12H18N2O2. The predicted octanol–water partition coefficient (Wildman–Crippen LogP) is 1.76. The number of anilines is 1. The summed E-state index contributed by atoms with van der Waals surface area (Å²) in [7, 11) is 0. The molecule has 0 spiro atoms. The number of nitrogens with one attached hydrogen (secondary N) is 1. The molecule has 1 atom stereocenters. The Kier molecular flexibility index (Phi) is 4.79. The Labute approximate surface area is 95.8 Å². The zero-order valence-electron chi connectivity index (χ0n) is 9.69. The van der Waals surface area contributed by atoms with Gasteiger partial charge in [0.05, 0.1) is 12.6 Å². The van der Waals surface area contributed by atoms with Gasteiger partial charge in [-0.05, 0) is 25.5 Å². The van der Waals surface area contributed by atoms with Gasteiger partial charge in [0.25, 0.3) is 0 Å².